The van der Waals surface area contributed by atoms with Crippen LogP contribution in [-0.2, 0) is 6.54 Å². The Morgan fingerprint density at radius 1 is 1.31 bits per heavy atom. The molecule has 0 saturated carbocycles. The molecule has 1 atom stereocenters. The Labute approximate surface area is 97.1 Å². The molecule has 0 N–H and O–H groups in total. The average molecular weight is 217 g/mol. The number of pyridine rings is 1. The molecule has 0 aliphatic carbocycles. The van der Waals surface area contributed by atoms with Crippen LogP contribution in [-0.4, -0.2) is 47.0 Å². The minimum Gasteiger partial charge on any atom is -0.298 e. The van der Waals surface area contributed by atoms with Crippen LogP contribution in [0.4, 0.5) is 0 Å². The molecule has 1 aromatic heterocycles. The molecule has 86 valence electrons. The highest BCUT2D eigenvalue weighted by molar-refractivity contribution is 5.08. The minimum absolute atomic E-state index is 0.824. The van der Waals surface area contributed by atoms with Crippen molar-refractivity contribution >= 4 is 0 Å². The third-order valence-corrected chi connectivity index (χ3v) is 3.80. The second-order valence-electron chi connectivity index (χ2n) is 4.93. The van der Waals surface area contributed by atoms with Crippen LogP contribution < -0.4 is 0 Å². The molecule has 3 nitrogen and oxygen atoms in total. The average Bonchev–Trinajstić information content (AvgIpc) is 2.77. The van der Waals surface area contributed by atoms with Gasteiger partial charge in [-0.2, -0.15) is 0 Å². The summed E-state index contributed by atoms with van der Waals surface area (Å²) in [6.45, 7) is 6.11. The number of nitrogens with zero attached hydrogens (tertiary/aromatic N) is 3. The fourth-order valence-electron chi connectivity index (χ4n) is 2.95. The van der Waals surface area contributed by atoms with E-state index in [4.69, 9.17) is 0 Å². The Hall–Kier alpha value is -0.930. The maximum absolute atomic E-state index is 4.18. The first-order valence-corrected chi connectivity index (χ1v) is 6.27. The summed E-state index contributed by atoms with van der Waals surface area (Å²) < 4.78 is 0. The summed E-state index contributed by atoms with van der Waals surface area (Å²) in [7, 11) is 0. The van der Waals surface area contributed by atoms with E-state index in [0.717, 1.165) is 12.6 Å². The summed E-state index contributed by atoms with van der Waals surface area (Å²) in [5, 5.41) is 0. The van der Waals surface area contributed by atoms with Crippen LogP contribution in [0.1, 0.15) is 18.4 Å². The summed E-state index contributed by atoms with van der Waals surface area (Å²) >= 11 is 0. The molecular formula is C13H19N3. The van der Waals surface area contributed by atoms with E-state index in [1.54, 1.807) is 0 Å². The van der Waals surface area contributed by atoms with Gasteiger partial charge in [-0.1, -0.05) is 6.07 Å². The van der Waals surface area contributed by atoms with Gasteiger partial charge in [0, 0.05) is 44.6 Å². The minimum atomic E-state index is 0.824. The fraction of sp³-hybridized carbons (Fsp3) is 0.615. The van der Waals surface area contributed by atoms with Gasteiger partial charge in [0.2, 0.25) is 0 Å². The molecule has 2 saturated heterocycles. The first kappa shape index (κ1) is 10.2. The zero-order valence-corrected chi connectivity index (χ0v) is 9.68. The predicted octanol–water partition coefficient (Wildman–Crippen LogP) is 1.36. The highest BCUT2D eigenvalue weighted by atomic mass is 15.3. The van der Waals surface area contributed by atoms with E-state index in [9.17, 15) is 0 Å². The quantitative estimate of drug-likeness (QED) is 0.745. The lowest BCUT2D eigenvalue weighted by molar-refractivity contribution is 0.0993. The second-order valence-corrected chi connectivity index (χ2v) is 4.93. The van der Waals surface area contributed by atoms with Crippen LogP contribution in [0, 0.1) is 0 Å². The van der Waals surface area contributed by atoms with E-state index in [1.165, 1.54) is 44.6 Å². The maximum atomic E-state index is 4.18. The van der Waals surface area contributed by atoms with Crippen LogP contribution in [0.2, 0.25) is 0 Å². The molecular weight excluding hydrogens is 198 g/mol. The van der Waals surface area contributed by atoms with Crippen molar-refractivity contribution in [3.63, 3.8) is 0 Å². The summed E-state index contributed by atoms with van der Waals surface area (Å²) in [4.78, 5) is 9.41. The number of hydrogen-bond donors (Lipinski definition) is 0. The molecule has 2 aliphatic heterocycles. The predicted molar refractivity (Wildman–Crippen MR) is 64.1 cm³/mol. The number of aromatic nitrogens is 1. The van der Waals surface area contributed by atoms with Crippen LogP contribution in [0.25, 0.3) is 0 Å². The Morgan fingerprint density at radius 2 is 2.31 bits per heavy atom. The Balaban J connectivity index is 1.60. The number of rotatable bonds is 2. The first-order chi connectivity index (χ1) is 7.92. The van der Waals surface area contributed by atoms with Crippen molar-refractivity contribution in [2.45, 2.75) is 25.4 Å². The fourth-order valence-corrected chi connectivity index (χ4v) is 2.95. The molecule has 3 rings (SSSR count). The van der Waals surface area contributed by atoms with E-state index in [2.05, 4.69) is 20.9 Å². The lowest BCUT2D eigenvalue weighted by Gasteiger charge is -2.37. The van der Waals surface area contributed by atoms with Crippen molar-refractivity contribution in [1.82, 2.24) is 14.8 Å². The van der Waals surface area contributed by atoms with Crippen molar-refractivity contribution in [2.24, 2.45) is 0 Å². The normalized spacial score (nSPS) is 26.9. The van der Waals surface area contributed by atoms with Gasteiger partial charge in [-0.05, 0) is 31.0 Å². The summed E-state index contributed by atoms with van der Waals surface area (Å²) in [5.41, 5.74) is 1.34. The summed E-state index contributed by atoms with van der Waals surface area (Å²) in [5.74, 6) is 0. The number of piperazine rings is 1. The Morgan fingerprint density at radius 3 is 3.19 bits per heavy atom. The monoisotopic (exact) mass is 217 g/mol. The summed E-state index contributed by atoms with van der Waals surface area (Å²) in [6, 6.07) is 5.03. The van der Waals surface area contributed by atoms with Crippen molar-refractivity contribution < 1.29 is 0 Å². The van der Waals surface area contributed by atoms with Crippen LogP contribution >= 0.6 is 0 Å². The molecule has 0 aromatic carbocycles. The van der Waals surface area contributed by atoms with E-state index in [-0.39, 0.29) is 0 Å². The molecule has 0 amide bonds. The largest absolute Gasteiger partial charge is 0.298 e. The van der Waals surface area contributed by atoms with Gasteiger partial charge in [-0.15, -0.1) is 0 Å². The van der Waals surface area contributed by atoms with Gasteiger partial charge in [0.15, 0.2) is 0 Å². The highest BCUT2D eigenvalue weighted by Gasteiger charge is 2.30. The molecule has 2 aliphatic rings. The smallest absolute Gasteiger partial charge is 0.0312 e. The molecule has 0 bridgehead atoms. The van der Waals surface area contributed by atoms with E-state index in [1.807, 2.05) is 18.5 Å². The third-order valence-electron chi connectivity index (χ3n) is 3.80. The highest BCUT2D eigenvalue weighted by Crippen LogP contribution is 2.22. The molecule has 0 radical (unpaired) electrons. The van der Waals surface area contributed by atoms with E-state index >= 15 is 0 Å². The lowest BCUT2D eigenvalue weighted by atomic mass is 10.1. The van der Waals surface area contributed by atoms with Gasteiger partial charge in [0.1, 0.15) is 0 Å². The Bertz CT molecular complexity index is 338. The maximum Gasteiger partial charge on any atom is 0.0312 e. The van der Waals surface area contributed by atoms with Crippen molar-refractivity contribution in [2.75, 3.05) is 26.2 Å². The number of hydrogen-bond acceptors (Lipinski definition) is 3. The van der Waals surface area contributed by atoms with E-state index < -0.39 is 0 Å². The van der Waals surface area contributed by atoms with Gasteiger partial charge in [0.25, 0.3) is 0 Å². The van der Waals surface area contributed by atoms with Gasteiger partial charge in [0.05, 0.1) is 0 Å². The lowest BCUT2D eigenvalue weighted by Crippen LogP contribution is -2.49. The SMILES string of the molecule is c1cncc(CN2CCN3CCCC3C2)c1. The van der Waals surface area contributed by atoms with Crippen LogP contribution in [0.15, 0.2) is 24.5 Å². The summed E-state index contributed by atoms with van der Waals surface area (Å²) in [6.07, 6.45) is 6.62. The zero-order valence-electron chi connectivity index (χ0n) is 9.68. The van der Waals surface area contributed by atoms with Crippen LogP contribution in [0.3, 0.4) is 0 Å². The van der Waals surface area contributed by atoms with Gasteiger partial charge in [-0.3, -0.25) is 14.8 Å². The van der Waals surface area contributed by atoms with Crippen molar-refractivity contribution in [1.29, 1.82) is 0 Å². The third kappa shape index (κ3) is 2.11. The molecule has 1 aromatic rings. The molecule has 2 fully saturated rings. The standard InChI is InChI=1S/C13H19N3/c1-3-12(9-14-5-1)10-15-7-8-16-6-2-4-13(16)11-15/h1,3,5,9,13H,2,4,6-8,10-11H2. The molecule has 16 heavy (non-hydrogen) atoms. The molecule has 3 heteroatoms. The van der Waals surface area contributed by atoms with Crippen molar-refractivity contribution in [3.8, 4) is 0 Å². The van der Waals surface area contributed by atoms with Gasteiger partial charge >= 0.3 is 0 Å². The van der Waals surface area contributed by atoms with Crippen LogP contribution in [0.5, 0.6) is 0 Å². The Kier molecular flexibility index (Phi) is 2.89. The number of fused-ring (bicyclic) bond motifs is 1. The molecule has 0 spiro atoms. The molecule has 3 heterocycles. The first-order valence-electron chi connectivity index (χ1n) is 6.27. The second kappa shape index (κ2) is 4.52. The zero-order chi connectivity index (χ0) is 10.8. The molecule has 1 unspecified atom stereocenters. The van der Waals surface area contributed by atoms with E-state index in [0.29, 0.717) is 0 Å². The topological polar surface area (TPSA) is 19.4 Å². The van der Waals surface area contributed by atoms with Gasteiger partial charge < -0.3 is 0 Å². The van der Waals surface area contributed by atoms with Gasteiger partial charge in [-0.25, -0.2) is 0 Å². The van der Waals surface area contributed by atoms with Crippen molar-refractivity contribution in [3.05, 3.63) is 30.1 Å².